The van der Waals surface area contributed by atoms with E-state index in [1.54, 1.807) is 0 Å². The summed E-state index contributed by atoms with van der Waals surface area (Å²) in [6.45, 7) is 2.11. The summed E-state index contributed by atoms with van der Waals surface area (Å²) < 4.78 is 0. The van der Waals surface area contributed by atoms with Crippen LogP contribution in [0, 0.1) is 6.92 Å². The lowest BCUT2D eigenvalue weighted by Gasteiger charge is -2.26. The van der Waals surface area contributed by atoms with Gasteiger partial charge in [-0.1, -0.05) is 48.9 Å². The van der Waals surface area contributed by atoms with E-state index >= 15 is 0 Å². The second kappa shape index (κ2) is 6.26. The first-order valence-corrected chi connectivity index (χ1v) is 7.92. The van der Waals surface area contributed by atoms with Crippen LogP contribution in [-0.2, 0) is 6.42 Å². The molecule has 0 unspecified atom stereocenters. The van der Waals surface area contributed by atoms with Gasteiger partial charge in [-0.05, 0) is 54.9 Å². The molecular formula is C20H22O. The zero-order valence-corrected chi connectivity index (χ0v) is 12.6. The second-order valence-electron chi connectivity index (χ2n) is 6.10. The summed E-state index contributed by atoms with van der Waals surface area (Å²) in [4.78, 5) is 12.4. The standard InChI is InChI=1S/C20H22O/c1-15-6-2-3-7-16(15)12-13-20(21)19-11-5-10-18(14-19)17-8-4-9-17/h2-3,5-7,10-11,14,17H,4,8-9,12-13H2,1H3. The fourth-order valence-corrected chi connectivity index (χ4v) is 2.99. The number of hydrogen-bond donors (Lipinski definition) is 0. The molecule has 0 amide bonds. The zero-order valence-electron chi connectivity index (χ0n) is 12.6. The van der Waals surface area contributed by atoms with Gasteiger partial charge in [0, 0.05) is 12.0 Å². The van der Waals surface area contributed by atoms with Crippen LogP contribution in [-0.4, -0.2) is 5.78 Å². The van der Waals surface area contributed by atoms with Crippen LogP contribution in [0.4, 0.5) is 0 Å². The minimum Gasteiger partial charge on any atom is -0.294 e. The van der Waals surface area contributed by atoms with Crippen LogP contribution in [0.15, 0.2) is 48.5 Å². The van der Waals surface area contributed by atoms with E-state index in [4.69, 9.17) is 0 Å². The number of Topliss-reactive ketones (excluding diaryl/α,β-unsaturated/α-hetero) is 1. The second-order valence-corrected chi connectivity index (χ2v) is 6.10. The van der Waals surface area contributed by atoms with Crippen molar-refractivity contribution in [2.24, 2.45) is 0 Å². The molecule has 1 aliphatic carbocycles. The highest BCUT2D eigenvalue weighted by Crippen LogP contribution is 2.36. The van der Waals surface area contributed by atoms with E-state index in [0.717, 1.165) is 12.0 Å². The number of carbonyl (C=O) groups is 1. The smallest absolute Gasteiger partial charge is 0.163 e. The summed E-state index contributed by atoms with van der Waals surface area (Å²) in [6.07, 6.45) is 5.32. The third kappa shape index (κ3) is 3.24. The number of aryl methyl sites for hydroxylation is 2. The van der Waals surface area contributed by atoms with Gasteiger partial charge in [0.15, 0.2) is 5.78 Å². The van der Waals surface area contributed by atoms with E-state index in [2.05, 4.69) is 31.2 Å². The molecule has 3 rings (SSSR count). The number of benzene rings is 2. The van der Waals surface area contributed by atoms with E-state index in [-0.39, 0.29) is 5.78 Å². The van der Waals surface area contributed by atoms with E-state index in [1.165, 1.54) is 36.0 Å². The maximum absolute atomic E-state index is 12.4. The quantitative estimate of drug-likeness (QED) is 0.697. The molecule has 1 saturated carbocycles. The number of hydrogen-bond acceptors (Lipinski definition) is 1. The Morgan fingerprint density at radius 1 is 1.10 bits per heavy atom. The number of ketones is 1. The molecule has 108 valence electrons. The van der Waals surface area contributed by atoms with Gasteiger partial charge in [0.25, 0.3) is 0 Å². The molecule has 0 aromatic heterocycles. The summed E-state index contributed by atoms with van der Waals surface area (Å²) in [5, 5.41) is 0. The van der Waals surface area contributed by atoms with Crippen LogP contribution in [0.2, 0.25) is 0 Å². The van der Waals surface area contributed by atoms with Crippen molar-refractivity contribution in [1.82, 2.24) is 0 Å². The van der Waals surface area contributed by atoms with E-state index in [9.17, 15) is 4.79 Å². The number of carbonyl (C=O) groups excluding carboxylic acids is 1. The van der Waals surface area contributed by atoms with E-state index in [1.807, 2.05) is 24.3 Å². The van der Waals surface area contributed by atoms with Crippen LogP contribution in [0.5, 0.6) is 0 Å². The molecule has 0 heterocycles. The highest BCUT2D eigenvalue weighted by Gasteiger charge is 2.20. The average molecular weight is 278 g/mol. The normalized spacial score (nSPS) is 14.7. The van der Waals surface area contributed by atoms with Gasteiger partial charge in [0.05, 0.1) is 0 Å². The van der Waals surface area contributed by atoms with Gasteiger partial charge in [-0.25, -0.2) is 0 Å². The van der Waals surface area contributed by atoms with Gasteiger partial charge >= 0.3 is 0 Å². The van der Waals surface area contributed by atoms with E-state index in [0.29, 0.717) is 12.3 Å². The third-order valence-electron chi connectivity index (χ3n) is 4.67. The minimum absolute atomic E-state index is 0.263. The van der Waals surface area contributed by atoms with Crippen molar-refractivity contribution >= 4 is 5.78 Å². The Bertz CT molecular complexity index is 638. The molecule has 1 aliphatic rings. The van der Waals surface area contributed by atoms with Crippen molar-refractivity contribution in [2.75, 3.05) is 0 Å². The van der Waals surface area contributed by atoms with E-state index < -0.39 is 0 Å². The minimum atomic E-state index is 0.263. The first-order valence-electron chi connectivity index (χ1n) is 7.92. The molecule has 0 saturated heterocycles. The lowest BCUT2D eigenvalue weighted by atomic mass is 9.79. The largest absolute Gasteiger partial charge is 0.294 e. The fraction of sp³-hybridized carbons (Fsp3) is 0.350. The maximum atomic E-state index is 12.4. The molecule has 0 aliphatic heterocycles. The summed E-state index contributed by atoms with van der Waals surface area (Å²) >= 11 is 0. The highest BCUT2D eigenvalue weighted by atomic mass is 16.1. The van der Waals surface area contributed by atoms with Crippen molar-refractivity contribution in [2.45, 2.75) is 44.9 Å². The van der Waals surface area contributed by atoms with Crippen LogP contribution >= 0.6 is 0 Å². The SMILES string of the molecule is Cc1ccccc1CCC(=O)c1cccc(C2CCC2)c1. The highest BCUT2D eigenvalue weighted by molar-refractivity contribution is 5.96. The van der Waals surface area contributed by atoms with Crippen molar-refractivity contribution in [3.05, 3.63) is 70.8 Å². The third-order valence-corrected chi connectivity index (χ3v) is 4.67. The molecule has 0 atom stereocenters. The molecule has 0 spiro atoms. The Hall–Kier alpha value is -1.89. The van der Waals surface area contributed by atoms with Crippen LogP contribution in [0.3, 0.4) is 0 Å². The first-order chi connectivity index (χ1) is 10.2. The molecule has 1 nitrogen and oxygen atoms in total. The van der Waals surface area contributed by atoms with Crippen LogP contribution in [0.1, 0.15) is 58.6 Å². The van der Waals surface area contributed by atoms with Gasteiger partial charge in [0.2, 0.25) is 0 Å². The molecule has 0 radical (unpaired) electrons. The van der Waals surface area contributed by atoms with Gasteiger partial charge in [0.1, 0.15) is 0 Å². The maximum Gasteiger partial charge on any atom is 0.163 e. The van der Waals surface area contributed by atoms with Gasteiger partial charge in [-0.15, -0.1) is 0 Å². The predicted molar refractivity (Wildman–Crippen MR) is 86.9 cm³/mol. The van der Waals surface area contributed by atoms with Crippen molar-refractivity contribution < 1.29 is 4.79 Å². The fourth-order valence-electron chi connectivity index (χ4n) is 2.99. The van der Waals surface area contributed by atoms with Gasteiger partial charge in [-0.2, -0.15) is 0 Å². The molecule has 2 aromatic carbocycles. The summed E-state index contributed by atoms with van der Waals surface area (Å²) in [6, 6.07) is 16.6. The van der Waals surface area contributed by atoms with Gasteiger partial charge < -0.3 is 0 Å². The van der Waals surface area contributed by atoms with Crippen LogP contribution in [0.25, 0.3) is 0 Å². The average Bonchev–Trinajstić information content (AvgIpc) is 2.45. The summed E-state index contributed by atoms with van der Waals surface area (Å²) in [7, 11) is 0. The van der Waals surface area contributed by atoms with Gasteiger partial charge in [-0.3, -0.25) is 4.79 Å². The van der Waals surface area contributed by atoms with Crippen molar-refractivity contribution in [3.63, 3.8) is 0 Å². The lowest BCUT2D eigenvalue weighted by molar-refractivity contribution is 0.0982. The molecule has 1 fully saturated rings. The van der Waals surface area contributed by atoms with Crippen molar-refractivity contribution in [1.29, 1.82) is 0 Å². The Balaban J connectivity index is 1.66. The Morgan fingerprint density at radius 3 is 2.62 bits per heavy atom. The Labute approximate surface area is 127 Å². The zero-order chi connectivity index (χ0) is 14.7. The first kappa shape index (κ1) is 14.1. The molecule has 0 N–H and O–H groups in total. The Morgan fingerprint density at radius 2 is 1.90 bits per heavy atom. The van der Waals surface area contributed by atoms with Crippen molar-refractivity contribution in [3.8, 4) is 0 Å². The molecule has 1 heteroatoms. The number of rotatable bonds is 5. The molecule has 0 bridgehead atoms. The molecule has 21 heavy (non-hydrogen) atoms. The van der Waals surface area contributed by atoms with Crippen LogP contribution < -0.4 is 0 Å². The topological polar surface area (TPSA) is 17.1 Å². The molecular weight excluding hydrogens is 256 g/mol. The Kier molecular flexibility index (Phi) is 4.19. The summed E-state index contributed by atoms with van der Waals surface area (Å²) in [5.74, 6) is 0.952. The monoisotopic (exact) mass is 278 g/mol. The summed E-state index contributed by atoms with van der Waals surface area (Å²) in [5.41, 5.74) is 4.78. The molecule has 2 aromatic rings. The lowest BCUT2D eigenvalue weighted by Crippen LogP contribution is -2.10. The predicted octanol–water partition coefficient (Wildman–Crippen LogP) is 5.08.